The summed E-state index contributed by atoms with van der Waals surface area (Å²) in [6, 6.07) is 4.05. The first-order chi connectivity index (χ1) is 12.6. The monoisotopic (exact) mass is 392 g/mol. The van der Waals surface area contributed by atoms with Gasteiger partial charge in [-0.1, -0.05) is 17.4 Å². The number of hydrogen-bond acceptors (Lipinski definition) is 8. The summed E-state index contributed by atoms with van der Waals surface area (Å²) in [5, 5.41) is 17.1. The Labute approximate surface area is 158 Å². The molecule has 1 fully saturated rings. The number of likely N-dealkylation sites (tertiary alicyclic amines) is 1. The first-order valence-electron chi connectivity index (χ1n) is 8.48. The van der Waals surface area contributed by atoms with Gasteiger partial charge in [0, 0.05) is 4.88 Å². The van der Waals surface area contributed by atoms with E-state index in [0.29, 0.717) is 10.8 Å². The molecule has 3 aromatic heterocycles. The molecule has 1 aliphatic rings. The van der Waals surface area contributed by atoms with Gasteiger partial charge in [0.15, 0.2) is 0 Å². The standard InChI is InChI=1S/C17H20N4O3S2/c1-10-18-17-21(19-10)15(22)14(26-17)13(12-4-3-9-25-12)20-7-5-11(6-8-20)16(23)24-2/h3-4,9,11,13,22H,5-8H2,1-2H3/t13-/m0/s1. The summed E-state index contributed by atoms with van der Waals surface area (Å²) < 4.78 is 6.40. The molecule has 1 N–H and O–H groups in total. The molecule has 0 spiro atoms. The number of nitrogens with zero attached hydrogens (tertiary/aromatic N) is 4. The zero-order valence-electron chi connectivity index (χ0n) is 14.6. The van der Waals surface area contributed by atoms with E-state index in [9.17, 15) is 9.90 Å². The van der Waals surface area contributed by atoms with Gasteiger partial charge >= 0.3 is 5.97 Å². The van der Waals surface area contributed by atoms with Crippen LogP contribution in [0.2, 0.25) is 0 Å². The lowest BCUT2D eigenvalue weighted by atomic mass is 9.95. The van der Waals surface area contributed by atoms with Gasteiger partial charge in [-0.05, 0) is 44.3 Å². The van der Waals surface area contributed by atoms with E-state index in [4.69, 9.17) is 4.74 Å². The van der Waals surface area contributed by atoms with Crippen LogP contribution in [-0.4, -0.2) is 50.8 Å². The lowest BCUT2D eigenvalue weighted by molar-refractivity contribution is -0.147. The second kappa shape index (κ2) is 6.98. The number of aromatic nitrogens is 3. The van der Waals surface area contributed by atoms with Crippen LogP contribution < -0.4 is 0 Å². The molecule has 138 valence electrons. The van der Waals surface area contributed by atoms with Crippen LogP contribution in [0.3, 0.4) is 0 Å². The van der Waals surface area contributed by atoms with Crippen molar-refractivity contribution in [3.05, 3.63) is 33.1 Å². The van der Waals surface area contributed by atoms with E-state index in [1.54, 1.807) is 11.3 Å². The number of thiophene rings is 1. The van der Waals surface area contributed by atoms with Crippen molar-refractivity contribution >= 4 is 33.6 Å². The number of rotatable bonds is 4. The average molecular weight is 393 g/mol. The van der Waals surface area contributed by atoms with Gasteiger partial charge in [-0.3, -0.25) is 9.69 Å². The number of aryl methyl sites for hydroxylation is 1. The molecular weight excluding hydrogens is 372 g/mol. The first kappa shape index (κ1) is 17.4. The molecular formula is C17H20N4O3S2. The van der Waals surface area contributed by atoms with Gasteiger partial charge in [0.25, 0.3) is 0 Å². The van der Waals surface area contributed by atoms with Gasteiger partial charge in [0.2, 0.25) is 10.8 Å². The van der Waals surface area contributed by atoms with Crippen molar-refractivity contribution in [1.29, 1.82) is 0 Å². The van der Waals surface area contributed by atoms with Crippen molar-refractivity contribution in [1.82, 2.24) is 19.5 Å². The summed E-state index contributed by atoms with van der Waals surface area (Å²) >= 11 is 3.14. The number of carbonyl (C=O) groups excluding carboxylic acids is 1. The predicted octanol–water partition coefficient (Wildman–Crippen LogP) is 2.84. The van der Waals surface area contributed by atoms with Crippen LogP contribution in [0.15, 0.2) is 17.5 Å². The molecule has 7 nitrogen and oxygen atoms in total. The molecule has 0 saturated carbocycles. The van der Waals surface area contributed by atoms with E-state index in [0.717, 1.165) is 35.7 Å². The molecule has 4 rings (SSSR count). The molecule has 0 unspecified atom stereocenters. The van der Waals surface area contributed by atoms with Gasteiger partial charge in [-0.15, -0.1) is 16.4 Å². The first-order valence-corrected chi connectivity index (χ1v) is 10.2. The smallest absolute Gasteiger partial charge is 0.308 e. The SMILES string of the molecule is COC(=O)C1CCN([C@@H](c2cccs2)c2sc3nc(C)nn3c2O)CC1. The lowest BCUT2D eigenvalue weighted by Crippen LogP contribution is -2.39. The second-order valence-corrected chi connectivity index (χ2v) is 8.38. The van der Waals surface area contributed by atoms with E-state index in [-0.39, 0.29) is 23.8 Å². The molecule has 9 heteroatoms. The largest absolute Gasteiger partial charge is 0.492 e. The van der Waals surface area contributed by atoms with Crippen LogP contribution in [0.25, 0.3) is 4.96 Å². The molecule has 1 aliphatic heterocycles. The Morgan fingerprint density at radius 2 is 2.19 bits per heavy atom. The maximum Gasteiger partial charge on any atom is 0.308 e. The summed E-state index contributed by atoms with van der Waals surface area (Å²) in [7, 11) is 1.44. The van der Waals surface area contributed by atoms with E-state index in [1.807, 2.05) is 18.4 Å². The van der Waals surface area contributed by atoms with Crippen molar-refractivity contribution < 1.29 is 14.6 Å². The van der Waals surface area contributed by atoms with Crippen LogP contribution in [0.1, 0.15) is 34.5 Å². The number of piperidine rings is 1. The van der Waals surface area contributed by atoms with Crippen molar-refractivity contribution in [2.45, 2.75) is 25.8 Å². The van der Waals surface area contributed by atoms with Crippen molar-refractivity contribution in [2.24, 2.45) is 5.92 Å². The molecule has 0 bridgehead atoms. The highest BCUT2D eigenvalue weighted by molar-refractivity contribution is 7.17. The molecule has 3 aromatic rings. The number of methoxy groups -OCH3 is 1. The lowest BCUT2D eigenvalue weighted by Gasteiger charge is -2.35. The summed E-state index contributed by atoms with van der Waals surface area (Å²) in [4.78, 5) is 21.2. The Kier molecular flexibility index (Phi) is 4.68. The van der Waals surface area contributed by atoms with E-state index in [2.05, 4.69) is 21.0 Å². The minimum atomic E-state index is -0.130. The fraction of sp³-hybridized carbons (Fsp3) is 0.471. The van der Waals surface area contributed by atoms with Gasteiger partial charge in [-0.2, -0.15) is 4.52 Å². The predicted molar refractivity (Wildman–Crippen MR) is 99.7 cm³/mol. The van der Waals surface area contributed by atoms with Gasteiger partial charge in [0.1, 0.15) is 5.82 Å². The van der Waals surface area contributed by atoms with Crippen molar-refractivity contribution in [3.63, 3.8) is 0 Å². The summed E-state index contributed by atoms with van der Waals surface area (Å²) in [5.74, 6) is 0.622. The van der Waals surface area contributed by atoms with E-state index >= 15 is 0 Å². The summed E-state index contributed by atoms with van der Waals surface area (Å²) in [6.07, 6.45) is 1.52. The van der Waals surface area contributed by atoms with Crippen LogP contribution >= 0.6 is 22.7 Å². The molecule has 26 heavy (non-hydrogen) atoms. The fourth-order valence-electron chi connectivity index (χ4n) is 3.51. The maximum absolute atomic E-state index is 11.8. The fourth-order valence-corrected chi connectivity index (χ4v) is 5.60. The highest BCUT2D eigenvalue weighted by atomic mass is 32.1. The normalized spacial score (nSPS) is 17.6. The third-order valence-corrected chi connectivity index (χ3v) is 6.79. The molecule has 1 atom stereocenters. The number of esters is 1. The average Bonchev–Trinajstić information content (AvgIpc) is 3.35. The second-order valence-electron chi connectivity index (χ2n) is 6.39. The Bertz CT molecular complexity index is 910. The number of aromatic hydroxyl groups is 1. The molecule has 4 heterocycles. The number of thiazole rings is 1. The molecule has 0 aromatic carbocycles. The number of fused-ring (bicyclic) bond motifs is 1. The highest BCUT2D eigenvalue weighted by Gasteiger charge is 2.34. The van der Waals surface area contributed by atoms with Gasteiger partial charge in [-0.25, -0.2) is 4.98 Å². The maximum atomic E-state index is 11.8. The van der Waals surface area contributed by atoms with Crippen molar-refractivity contribution in [3.8, 4) is 5.88 Å². The summed E-state index contributed by atoms with van der Waals surface area (Å²) in [5.41, 5.74) is 0. The van der Waals surface area contributed by atoms with Crippen LogP contribution in [0.5, 0.6) is 5.88 Å². The number of carbonyl (C=O) groups is 1. The minimum Gasteiger partial charge on any atom is -0.492 e. The van der Waals surface area contributed by atoms with Crippen LogP contribution in [0.4, 0.5) is 0 Å². The van der Waals surface area contributed by atoms with Gasteiger partial charge < -0.3 is 9.84 Å². The molecule has 0 radical (unpaired) electrons. The molecule has 0 amide bonds. The van der Waals surface area contributed by atoms with Crippen LogP contribution in [0, 0.1) is 12.8 Å². The molecule has 1 saturated heterocycles. The number of hydrogen-bond donors (Lipinski definition) is 1. The van der Waals surface area contributed by atoms with Crippen molar-refractivity contribution in [2.75, 3.05) is 20.2 Å². The Morgan fingerprint density at radius 1 is 1.42 bits per heavy atom. The zero-order valence-corrected chi connectivity index (χ0v) is 16.2. The zero-order chi connectivity index (χ0) is 18.3. The summed E-state index contributed by atoms with van der Waals surface area (Å²) in [6.45, 7) is 3.36. The number of ether oxygens (including phenoxy) is 1. The van der Waals surface area contributed by atoms with E-state index < -0.39 is 0 Å². The molecule has 0 aliphatic carbocycles. The Morgan fingerprint density at radius 3 is 2.81 bits per heavy atom. The topological polar surface area (TPSA) is 80.0 Å². The Balaban J connectivity index is 1.66. The third kappa shape index (κ3) is 3.00. The van der Waals surface area contributed by atoms with Gasteiger partial charge in [0.05, 0.1) is 23.9 Å². The van der Waals surface area contributed by atoms with Crippen LogP contribution in [-0.2, 0) is 9.53 Å². The highest BCUT2D eigenvalue weighted by Crippen LogP contribution is 2.42. The quantitative estimate of drug-likeness (QED) is 0.688. The minimum absolute atomic E-state index is 0.0428. The third-order valence-electron chi connectivity index (χ3n) is 4.80. The van der Waals surface area contributed by atoms with E-state index in [1.165, 1.54) is 23.0 Å². The Hall–Kier alpha value is -1.97.